The van der Waals surface area contributed by atoms with Crippen LogP contribution in [0.2, 0.25) is 0 Å². The molecule has 0 radical (unpaired) electrons. The maximum Gasteiger partial charge on any atom is 0.215 e. The zero-order valence-corrected chi connectivity index (χ0v) is 6.70. The second-order valence-corrected chi connectivity index (χ2v) is 1.59. The molecule has 0 aliphatic carbocycles. The first kappa shape index (κ1) is 8.36. The highest BCUT2D eigenvalue weighted by atomic mass is 32.1. The molecule has 0 unspecified atom stereocenters. The number of hydrogen-bond acceptors (Lipinski definition) is 2. The van der Waals surface area contributed by atoms with E-state index in [0.29, 0.717) is 4.77 Å². The van der Waals surface area contributed by atoms with Crippen molar-refractivity contribution in [1.82, 2.24) is 14.8 Å². The number of nitrogens with one attached hydrogen (secondary N) is 1. The van der Waals surface area contributed by atoms with Crippen LogP contribution in [0.5, 0.6) is 0 Å². The van der Waals surface area contributed by atoms with Gasteiger partial charge in [0.1, 0.15) is 6.33 Å². The van der Waals surface area contributed by atoms with Gasteiger partial charge in [0.25, 0.3) is 0 Å². The molecule has 1 heterocycles. The molecule has 0 fully saturated rings. The number of aromatic amines is 1. The molecule has 0 amide bonds. The second-order valence-electron chi connectivity index (χ2n) is 1.23. The van der Waals surface area contributed by atoms with Crippen LogP contribution in [0.4, 0.5) is 0 Å². The molecule has 1 rings (SSSR count). The van der Waals surface area contributed by atoms with Crippen LogP contribution in [-0.2, 0) is 7.05 Å². The van der Waals surface area contributed by atoms with Crippen LogP contribution in [0.1, 0.15) is 13.8 Å². The zero-order chi connectivity index (χ0) is 7.28. The fourth-order valence-electron chi connectivity index (χ4n) is 0.313. The number of aryl methyl sites for hydroxylation is 1. The van der Waals surface area contributed by atoms with Gasteiger partial charge in [-0.25, -0.2) is 4.98 Å². The Bertz CT molecular complexity index is 200. The van der Waals surface area contributed by atoms with Gasteiger partial charge in [0.2, 0.25) is 4.77 Å². The number of rotatable bonds is 0. The number of nitrogens with zero attached hydrogens (tertiary/aromatic N) is 2. The molecule has 1 N–H and O–H groups in total. The summed E-state index contributed by atoms with van der Waals surface area (Å²) < 4.78 is 2.25. The quantitative estimate of drug-likeness (QED) is 0.561. The van der Waals surface area contributed by atoms with E-state index in [-0.39, 0.29) is 0 Å². The standard InChI is InChI=1S/C3H5N3S.C2H6/c1-6-3(7)4-2-5-6;1-2/h2H,1H3,(H,4,5,7);1-2H3. The molecule has 3 nitrogen and oxygen atoms in total. The summed E-state index contributed by atoms with van der Waals surface area (Å²) in [6, 6.07) is 0. The zero-order valence-electron chi connectivity index (χ0n) is 5.88. The van der Waals surface area contributed by atoms with Crippen molar-refractivity contribution >= 4 is 12.2 Å². The average Bonchev–Trinajstić information content (AvgIpc) is 2.23. The van der Waals surface area contributed by atoms with Crippen LogP contribution in [0.15, 0.2) is 6.33 Å². The van der Waals surface area contributed by atoms with E-state index >= 15 is 0 Å². The molecule has 1 aromatic rings. The molecule has 4 heteroatoms. The molecule has 52 valence electrons. The summed E-state index contributed by atoms with van der Waals surface area (Å²) in [5.41, 5.74) is 0. The molecular formula is C5H11N3S. The Morgan fingerprint density at radius 1 is 1.67 bits per heavy atom. The Morgan fingerprint density at radius 2 is 2.22 bits per heavy atom. The first-order chi connectivity index (χ1) is 4.30. The monoisotopic (exact) mass is 145 g/mol. The molecule has 1 aromatic heterocycles. The molecule has 0 saturated carbocycles. The molecule has 0 spiro atoms. The first-order valence-electron chi connectivity index (χ1n) is 2.87. The fourth-order valence-corrected chi connectivity index (χ4v) is 0.418. The Balaban J connectivity index is 0.000000291. The molecule has 0 aliphatic heterocycles. The molecule has 0 atom stereocenters. The summed E-state index contributed by atoms with van der Waals surface area (Å²) in [5, 5.41) is 2.77. The van der Waals surface area contributed by atoms with E-state index in [2.05, 4.69) is 10.1 Å². The predicted molar refractivity (Wildman–Crippen MR) is 39.7 cm³/mol. The smallest absolute Gasteiger partial charge is 0.215 e. The summed E-state index contributed by atoms with van der Waals surface area (Å²) in [7, 11) is 1.81. The van der Waals surface area contributed by atoms with E-state index in [0.717, 1.165) is 0 Å². The molecule has 0 saturated heterocycles. The lowest BCUT2D eigenvalue weighted by atomic mass is 11.0. The predicted octanol–water partition coefficient (Wildman–Crippen LogP) is 1.50. The van der Waals surface area contributed by atoms with E-state index in [1.807, 2.05) is 20.9 Å². The lowest BCUT2D eigenvalue weighted by molar-refractivity contribution is 0.754. The highest BCUT2D eigenvalue weighted by Crippen LogP contribution is 1.75. The summed E-state index contributed by atoms with van der Waals surface area (Å²) in [6.07, 6.45) is 1.56. The lowest BCUT2D eigenvalue weighted by Gasteiger charge is -1.80. The summed E-state index contributed by atoms with van der Waals surface area (Å²) in [4.78, 5) is 3.74. The fraction of sp³-hybridized carbons (Fsp3) is 0.600. The molecule has 0 aliphatic rings. The second kappa shape index (κ2) is 4.26. The third kappa shape index (κ3) is 2.41. The van der Waals surface area contributed by atoms with E-state index in [4.69, 9.17) is 12.2 Å². The summed E-state index contributed by atoms with van der Waals surface area (Å²) in [5.74, 6) is 0. The third-order valence-electron chi connectivity index (χ3n) is 0.713. The molecule has 0 bridgehead atoms. The van der Waals surface area contributed by atoms with Crippen LogP contribution >= 0.6 is 12.2 Å². The van der Waals surface area contributed by atoms with Gasteiger partial charge in [-0.2, -0.15) is 0 Å². The minimum absolute atomic E-state index is 0.583. The maximum atomic E-state index is 4.71. The minimum Gasteiger partial charge on any atom is -0.286 e. The first-order valence-corrected chi connectivity index (χ1v) is 3.28. The van der Waals surface area contributed by atoms with Gasteiger partial charge < -0.3 is 0 Å². The normalized spacial score (nSPS) is 7.89. The maximum absolute atomic E-state index is 4.71. The van der Waals surface area contributed by atoms with Crippen molar-refractivity contribution in [2.45, 2.75) is 13.8 Å². The van der Waals surface area contributed by atoms with Gasteiger partial charge in [-0.1, -0.05) is 13.8 Å². The SMILES string of the molecule is CC.Cn1[nH]cnc1=S. The van der Waals surface area contributed by atoms with Crippen molar-refractivity contribution in [3.8, 4) is 0 Å². The van der Waals surface area contributed by atoms with Crippen molar-refractivity contribution in [3.05, 3.63) is 11.1 Å². The third-order valence-corrected chi connectivity index (χ3v) is 1.09. The van der Waals surface area contributed by atoms with Crippen molar-refractivity contribution in [2.75, 3.05) is 0 Å². The van der Waals surface area contributed by atoms with Crippen molar-refractivity contribution in [2.24, 2.45) is 7.05 Å². The highest BCUT2D eigenvalue weighted by Gasteiger charge is 1.77. The van der Waals surface area contributed by atoms with Crippen LogP contribution < -0.4 is 0 Å². The van der Waals surface area contributed by atoms with Gasteiger partial charge >= 0.3 is 0 Å². The Labute approximate surface area is 59.7 Å². The molecule has 0 aromatic carbocycles. The number of hydrogen-bond donors (Lipinski definition) is 1. The number of aromatic nitrogens is 3. The van der Waals surface area contributed by atoms with E-state index < -0.39 is 0 Å². The van der Waals surface area contributed by atoms with Gasteiger partial charge in [0, 0.05) is 7.05 Å². The van der Waals surface area contributed by atoms with E-state index in [1.54, 1.807) is 11.0 Å². The van der Waals surface area contributed by atoms with E-state index in [1.165, 1.54) is 0 Å². The average molecular weight is 145 g/mol. The molecular weight excluding hydrogens is 134 g/mol. The topological polar surface area (TPSA) is 33.6 Å². The Morgan fingerprint density at radius 3 is 2.33 bits per heavy atom. The number of H-pyrrole nitrogens is 1. The van der Waals surface area contributed by atoms with Crippen LogP contribution in [0.25, 0.3) is 0 Å². The van der Waals surface area contributed by atoms with Gasteiger partial charge in [-0.15, -0.1) is 0 Å². The Kier molecular flexibility index (Phi) is 3.96. The molecule has 9 heavy (non-hydrogen) atoms. The van der Waals surface area contributed by atoms with Gasteiger partial charge in [0.05, 0.1) is 0 Å². The lowest BCUT2D eigenvalue weighted by Crippen LogP contribution is -1.87. The van der Waals surface area contributed by atoms with Crippen molar-refractivity contribution < 1.29 is 0 Å². The Hall–Kier alpha value is -0.640. The van der Waals surface area contributed by atoms with E-state index in [9.17, 15) is 0 Å². The highest BCUT2D eigenvalue weighted by molar-refractivity contribution is 7.71. The minimum atomic E-state index is 0.583. The van der Waals surface area contributed by atoms with Gasteiger partial charge in [-0.05, 0) is 12.2 Å². The summed E-state index contributed by atoms with van der Waals surface area (Å²) in [6.45, 7) is 4.00. The van der Waals surface area contributed by atoms with Crippen LogP contribution in [0, 0.1) is 4.77 Å². The van der Waals surface area contributed by atoms with Crippen LogP contribution in [0.3, 0.4) is 0 Å². The van der Waals surface area contributed by atoms with Crippen LogP contribution in [-0.4, -0.2) is 14.8 Å². The largest absolute Gasteiger partial charge is 0.286 e. The van der Waals surface area contributed by atoms with Gasteiger partial charge in [-0.3, -0.25) is 9.78 Å². The van der Waals surface area contributed by atoms with Crippen molar-refractivity contribution in [1.29, 1.82) is 0 Å². The van der Waals surface area contributed by atoms with Crippen molar-refractivity contribution in [3.63, 3.8) is 0 Å². The summed E-state index contributed by atoms with van der Waals surface area (Å²) >= 11 is 4.71. The van der Waals surface area contributed by atoms with Gasteiger partial charge in [0.15, 0.2) is 0 Å².